The van der Waals surface area contributed by atoms with Gasteiger partial charge >= 0.3 is 0 Å². The van der Waals surface area contributed by atoms with Gasteiger partial charge in [0.2, 0.25) is 15.9 Å². The Morgan fingerprint density at radius 2 is 1.80 bits per heavy atom. The number of nitrogens with one attached hydrogen (secondary N) is 1. The molecule has 0 saturated carbocycles. The first-order chi connectivity index (χ1) is 16.4. The smallest absolute Gasteiger partial charge is 0.243 e. The molecule has 0 aliphatic heterocycles. The van der Waals surface area contributed by atoms with E-state index in [4.69, 9.17) is 21.4 Å². The lowest BCUT2D eigenvalue weighted by molar-refractivity contribution is -0.116. The van der Waals surface area contributed by atoms with Crippen LogP contribution in [0.25, 0.3) is 5.69 Å². The number of anilines is 1. The highest BCUT2D eigenvalue weighted by molar-refractivity contribution is 7.89. The summed E-state index contributed by atoms with van der Waals surface area (Å²) < 4.78 is 34.3. The number of ether oxygens (including phenoxy) is 1. The van der Waals surface area contributed by atoms with Gasteiger partial charge in [0.25, 0.3) is 0 Å². The van der Waals surface area contributed by atoms with Gasteiger partial charge in [0.05, 0.1) is 29.4 Å². The molecule has 0 aliphatic carbocycles. The number of aryl methyl sites for hydroxylation is 1. The van der Waals surface area contributed by atoms with E-state index in [1.165, 1.54) is 31.4 Å². The molecule has 3 rings (SSSR count). The number of nitrogens with zero attached hydrogens (tertiary/aromatic N) is 3. The van der Waals surface area contributed by atoms with Gasteiger partial charge < -0.3 is 10.1 Å². The SMILES string of the molecule is COCCN(CC(=O)Nc1cc(C(C)(C)C)nn1-c1ccccc1C)S(=O)(=O)c1ccc(Cl)cc1. The lowest BCUT2D eigenvalue weighted by Crippen LogP contribution is -2.40. The molecule has 0 atom stereocenters. The second kappa shape index (κ2) is 10.9. The molecule has 188 valence electrons. The minimum Gasteiger partial charge on any atom is -0.383 e. The van der Waals surface area contributed by atoms with Crippen LogP contribution in [-0.4, -0.2) is 55.2 Å². The van der Waals surface area contributed by atoms with E-state index in [2.05, 4.69) is 5.32 Å². The quantitative estimate of drug-likeness (QED) is 0.453. The molecule has 0 radical (unpaired) electrons. The minimum atomic E-state index is -3.95. The highest BCUT2D eigenvalue weighted by atomic mass is 35.5. The first-order valence-electron chi connectivity index (χ1n) is 11.1. The highest BCUT2D eigenvalue weighted by Crippen LogP contribution is 2.27. The van der Waals surface area contributed by atoms with Crippen LogP contribution >= 0.6 is 11.6 Å². The molecular formula is C25H31ClN4O4S. The third-order valence-corrected chi connectivity index (χ3v) is 7.52. The average Bonchev–Trinajstić information content (AvgIpc) is 3.21. The molecule has 1 N–H and O–H groups in total. The molecule has 3 aromatic rings. The fraction of sp³-hybridized carbons (Fsp3) is 0.360. The number of rotatable bonds is 9. The van der Waals surface area contributed by atoms with E-state index in [1.54, 1.807) is 4.68 Å². The van der Waals surface area contributed by atoms with Crippen molar-refractivity contribution in [1.82, 2.24) is 14.1 Å². The largest absolute Gasteiger partial charge is 0.383 e. The van der Waals surface area contributed by atoms with Crippen molar-refractivity contribution in [2.45, 2.75) is 38.0 Å². The van der Waals surface area contributed by atoms with Gasteiger partial charge in [-0.25, -0.2) is 13.1 Å². The fourth-order valence-electron chi connectivity index (χ4n) is 3.40. The van der Waals surface area contributed by atoms with Gasteiger partial charge in [0.1, 0.15) is 5.82 Å². The topological polar surface area (TPSA) is 93.5 Å². The van der Waals surface area contributed by atoms with Gasteiger partial charge in [-0.05, 0) is 42.8 Å². The minimum absolute atomic E-state index is 0.0131. The van der Waals surface area contributed by atoms with Crippen LogP contribution in [-0.2, 0) is 25.0 Å². The number of carbonyl (C=O) groups excluding carboxylic acids is 1. The standard InChI is InChI=1S/C25H31ClN4O4S/c1-18-8-6-7-9-21(18)30-23(16-22(28-30)25(2,3)4)27-24(31)17-29(14-15-34-5)35(32,33)20-12-10-19(26)11-13-20/h6-13,16H,14-15,17H2,1-5H3,(H,27,31). The zero-order valence-electron chi connectivity index (χ0n) is 20.6. The first-order valence-corrected chi connectivity index (χ1v) is 13.0. The number of aromatic nitrogens is 2. The van der Waals surface area contributed by atoms with Crippen LogP contribution < -0.4 is 5.32 Å². The van der Waals surface area contributed by atoms with Crippen LogP contribution in [0.4, 0.5) is 5.82 Å². The summed E-state index contributed by atoms with van der Waals surface area (Å²) >= 11 is 5.91. The lowest BCUT2D eigenvalue weighted by atomic mass is 9.92. The van der Waals surface area contributed by atoms with E-state index in [-0.39, 0.29) is 23.5 Å². The summed E-state index contributed by atoms with van der Waals surface area (Å²) in [5.74, 6) is -0.0290. The zero-order valence-corrected chi connectivity index (χ0v) is 22.2. The molecule has 0 bridgehead atoms. The van der Waals surface area contributed by atoms with Crippen LogP contribution in [0.15, 0.2) is 59.5 Å². The van der Waals surface area contributed by atoms with E-state index in [0.29, 0.717) is 10.8 Å². The number of carbonyl (C=O) groups is 1. The van der Waals surface area contributed by atoms with Gasteiger partial charge in [-0.15, -0.1) is 0 Å². The molecule has 0 unspecified atom stereocenters. The Bertz CT molecular complexity index is 1280. The van der Waals surface area contributed by atoms with Crippen LogP contribution in [0.2, 0.25) is 5.02 Å². The van der Waals surface area contributed by atoms with E-state index in [0.717, 1.165) is 21.2 Å². The summed E-state index contributed by atoms with van der Waals surface area (Å²) in [4.78, 5) is 13.2. The number of benzene rings is 2. The normalized spacial score (nSPS) is 12.2. The summed E-state index contributed by atoms with van der Waals surface area (Å²) in [5.41, 5.74) is 2.35. The molecule has 0 aliphatic rings. The summed E-state index contributed by atoms with van der Waals surface area (Å²) in [5, 5.41) is 8.02. The van der Waals surface area contributed by atoms with Gasteiger partial charge in [-0.1, -0.05) is 50.6 Å². The number of methoxy groups -OCH3 is 1. The third-order valence-electron chi connectivity index (χ3n) is 5.41. The van der Waals surface area contributed by atoms with Crippen molar-refractivity contribution >= 4 is 33.3 Å². The summed E-state index contributed by atoms with van der Waals surface area (Å²) in [6.07, 6.45) is 0. The van der Waals surface area contributed by atoms with Crippen molar-refractivity contribution in [3.8, 4) is 5.69 Å². The van der Waals surface area contributed by atoms with Crippen LogP contribution in [0, 0.1) is 6.92 Å². The molecule has 1 amide bonds. The van der Waals surface area contributed by atoms with Gasteiger partial charge in [-0.3, -0.25) is 4.79 Å². The Morgan fingerprint density at radius 3 is 2.40 bits per heavy atom. The summed E-state index contributed by atoms with van der Waals surface area (Å²) in [6, 6.07) is 15.4. The first kappa shape index (κ1) is 26.9. The molecule has 10 heteroatoms. The summed E-state index contributed by atoms with van der Waals surface area (Å²) in [7, 11) is -2.48. The monoisotopic (exact) mass is 518 g/mol. The molecule has 1 heterocycles. The Morgan fingerprint density at radius 1 is 1.14 bits per heavy atom. The van der Waals surface area contributed by atoms with Crippen molar-refractivity contribution in [2.24, 2.45) is 0 Å². The predicted octanol–water partition coefficient (Wildman–Crippen LogP) is 4.41. The molecule has 0 spiro atoms. The number of halogens is 1. The maximum absolute atomic E-state index is 13.2. The fourth-order valence-corrected chi connectivity index (χ4v) is 4.90. The van der Waals surface area contributed by atoms with E-state index >= 15 is 0 Å². The Kier molecular flexibility index (Phi) is 8.38. The average molecular weight is 519 g/mol. The molecule has 1 aromatic heterocycles. The van der Waals surface area contributed by atoms with Gasteiger partial charge in [0.15, 0.2) is 0 Å². The maximum atomic E-state index is 13.2. The summed E-state index contributed by atoms with van der Waals surface area (Å²) in [6.45, 7) is 7.83. The Labute approximate surface area is 211 Å². The van der Waals surface area contributed by atoms with Crippen molar-refractivity contribution in [3.63, 3.8) is 0 Å². The van der Waals surface area contributed by atoms with Crippen molar-refractivity contribution < 1.29 is 17.9 Å². The molecular weight excluding hydrogens is 488 g/mol. The molecule has 8 nitrogen and oxygen atoms in total. The predicted molar refractivity (Wildman–Crippen MR) is 138 cm³/mol. The second-order valence-corrected chi connectivity index (χ2v) is 11.6. The zero-order chi connectivity index (χ0) is 25.8. The Hall–Kier alpha value is -2.72. The number of sulfonamides is 1. The van der Waals surface area contributed by atoms with Gasteiger partial charge in [0, 0.05) is 30.2 Å². The lowest BCUT2D eigenvalue weighted by Gasteiger charge is -2.21. The van der Waals surface area contributed by atoms with Crippen LogP contribution in [0.3, 0.4) is 0 Å². The van der Waals surface area contributed by atoms with Gasteiger partial charge in [-0.2, -0.15) is 9.40 Å². The van der Waals surface area contributed by atoms with Crippen molar-refractivity contribution in [3.05, 3.63) is 70.9 Å². The second-order valence-electron chi connectivity index (χ2n) is 9.20. The van der Waals surface area contributed by atoms with Crippen molar-refractivity contribution in [2.75, 3.05) is 32.1 Å². The van der Waals surface area contributed by atoms with E-state index in [9.17, 15) is 13.2 Å². The molecule has 0 fully saturated rings. The number of para-hydroxylation sites is 1. The third kappa shape index (κ3) is 6.49. The van der Waals surface area contributed by atoms with Crippen LogP contribution in [0.5, 0.6) is 0 Å². The maximum Gasteiger partial charge on any atom is 0.243 e. The van der Waals surface area contributed by atoms with E-state index < -0.39 is 22.5 Å². The van der Waals surface area contributed by atoms with Crippen LogP contribution in [0.1, 0.15) is 32.0 Å². The number of hydrogen-bond acceptors (Lipinski definition) is 5. The Balaban J connectivity index is 1.92. The molecule has 2 aromatic carbocycles. The highest BCUT2D eigenvalue weighted by Gasteiger charge is 2.28. The number of hydrogen-bond donors (Lipinski definition) is 1. The molecule has 35 heavy (non-hydrogen) atoms. The number of amides is 1. The van der Waals surface area contributed by atoms with Crippen molar-refractivity contribution in [1.29, 1.82) is 0 Å². The van der Waals surface area contributed by atoms with E-state index in [1.807, 2.05) is 58.0 Å². The molecule has 0 saturated heterocycles.